The van der Waals surface area contributed by atoms with E-state index in [4.69, 9.17) is 15.2 Å². The van der Waals surface area contributed by atoms with Crippen LogP contribution >= 0.6 is 0 Å². The molecule has 3 unspecified atom stereocenters. The van der Waals surface area contributed by atoms with Gasteiger partial charge in [0, 0.05) is 18.6 Å². The minimum atomic E-state index is -0.796. The highest BCUT2D eigenvalue weighted by molar-refractivity contribution is 5.80. The molecule has 0 aromatic carbocycles. The lowest BCUT2D eigenvalue weighted by Crippen LogP contribution is -2.59. The van der Waals surface area contributed by atoms with Crippen molar-refractivity contribution in [1.82, 2.24) is 4.90 Å². The number of rotatable bonds is 2. The predicted molar refractivity (Wildman–Crippen MR) is 68.2 cm³/mol. The molecule has 104 valence electrons. The molecule has 0 radical (unpaired) electrons. The largest absolute Gasteiger partial charge is 0.468 e. The monoisotopic (exact) mass is 256 g/mol. The first kappa shape index (κ1) is 13.8. The van der Waals surface area contributed by atoms with Gasteiger partial charge in [0.25, 0.3) is 0 Å². The van der Waals surface area contributed by atoms with Gasteiger partial charge >= 0.3 is 5.97 Å². The summed E-state index contributed by atoms with van der Waals surface area (Å²) in [5, 5.41) is 0. The van der Waals surface area contributed by atoms with Gasteiger partial charge in [-0.2, -0.15) is 0 Å². The topological polar surface area (TPSA) is 64.8 Å². The summed E-state index contributed by atoms with van der Waals surface area (Å²) in [7, 11) is 1.41. The molecule has 1 heterocycles. The van der Waals surface area contributed by atoms with E-state index in [2.05, 4.69) is 11.8 Å². The van der Waals surface area contributed by atoms with Crippen molar-refractivity contribution in [3.05, 3.63) is 0 Å². The van der Waals surface area contributed by atoms with Crippen LogP contribution in [0.5, 0.6) is 0 Å². The Hall–Kier alpha value is -0.650. The third-order valence-electron chi connectivity index (χ3n) is 4.24. The summed E-state index contributed by atoms with van der Waals surface area (Å²) < 4.78 is 10.3. The Labute approximate surface area is 109 Å². The average Bonchev–Trinajstić information content (AvgIpc) is 2.38. The Morgan fingerprint density at radius 3 is 3.00 bits per heavy atom. The number of methoxy groups -OCH3 is 1. The Bertz CT molecular complexity index is 311. The summed E-state index contributed by atoms with van der Waals surface area (Å²) >= 11 is 0. The molecule has 0 aromatic heterocycles. The van der Waals surface area contributed by atoms with Gasteiger partial charge in [0.1, 0.15) is 5.54 Å². The molecule has 2 rings (SSSR count). The van der Waals surface area contributed by atoms with Gasteiger partial charge in [0.2, 0.25) is 0 Å². The number of hydrogen-bond acceptors (Lipinski definition) is 5. The second kappa shape index (κ2) is 5.55. The van der Waals surface area contributed by atoms with E-state index in [0.717, 1.165) is 39.0 Å². The van der Waals surface area contributed by atoms with Gasteiger partial charge in [-0.05, 0) is 32.6 Å². The molecule has 3 atom stereocenters. The molecule has 5 heteroatoms. The predicted octanol–water partition coefficient (Wildman–Crippen LogP) is 0.520. The van der Waals surface area contributed by atoms with Crippen LogP contribution in [-0.2, 0) is 14.3 Å². The summed E-state index contributed by atoms with van der Waals surface area (Å²) in [4.78, 5) is 14.2. The van der Waals surface area contributed by atoms with Crippen LogP contribution in [0.4, 0.5) is 0 Å². The van der Waals surface area contributed by atoms with Gasteiger partial charge < -0.3 is 15.2 Å². The minimum Gasteiger partial charge on any atom is -0.468 e. The number of morpholine rings is 1. The Morgan fingerprint density at radius 1 is 1.56 bits per heavy atom. The fourth-order valence-corrected chi connectivity index (χ4v) is 3.23. The zero-order chi connectivity index (χ0) is 13.2. The van der Waals surface area contributed by atoms with Gasteiger partial charge in [-0.25, -0.2) is 0 Å². The third kappa shape index (κ3) is 2.68. The number of nitrogens with zero attached hydrogens (tertiary/aromatic N) is 1. The summed E-state index contributed by atoms with van der Waals surface area (Å²) in [6.45, 7) is 4.65. The highest BCUT2D eigenvalue weighted by Gasteiger charge is 2.43. The van der Waals surface area contributed by atoms with Gasteiger partial charge in [0.15, 0.2) is 0 Å². The molecular formula is C13H24N2O3. The van der Waals surface area contributed by atoms with Crippen molar-refractivity contribution in [3.63, 3.8) is 0 Å². The molecule has 0 aromatic rings. The van der Waals surface area contributed by atoms with E-state index in [9.17, 15) is 4.79 Å². The van der Waals surface area contributed by atoms with Gasteiger partial charge in [0.05, 0.1) is 20.3 Å². The highest BCUT2D eigenvalue weighted by Crippen LogP contribution is 2.31. The zero-order valence-electron chi connectivity index (χ0n) is 11.4. The van der Waals surface area contributed by atoms with Crippen molar-refractivity contribution < 1.29 is 14.3 Å². The number of ether oxygens (including phenoxy) is 2. The molecule has 1 saturated heterocycles. The second-order valence-corrected chi connectivity index (χ2v) is 5.56. The van der Waals surface area contributed by atoms with Crippen LogP contribution in [0, 0.1) is 0 Å². The normalized spacial score (nSPS) is 38.4. The average molecular weight is 256 g/mol. The molecule has 2 N–H and O–H groups in total. The summed E-state index contributed by atoms with van der Waals surface area (Å²) in [5.74, 6) is -0.270. The molecule has 0 amide bonds. The Balaban J connectivity index is 2.03. The lowest BCUT2D eigenvalue weighted by Gasteiger charge is -2.45. The molecule has 5 nitrogen and oxygen atoms in total. The maximum Gasteiger partial charge on any atom is 0.325 e. The molecule has 18 heavy (non-hydrogen) atoms. The third-order valence-corrected chi connectivity index (χ3v) is 4.24. The van der Waals surface area contributed by atoms with Gasteiger partial charge in [-0.1, -0.05) is 0 Å². The minimum absolute atomic E-state index is 0.270. The van der Waals surface area contributed by atoms with Crippen LogP contribution < -0.4 is 5.73 Å². The molecule has 1 aliphatic carbocycles. The van der Waals surface area contributed by atoms with Gasteiger partial charge in [-0.3, -0.25) is 9.69 Å². The summed E-state index contributed by atoms with van der Waals surface area (Å²) in [6.07, 6.45) is 3.53. The van der Waals surface area contributed by atoms with E-state index in [1.165, 1.54) is 7.11 Å². The first-order valence-corrected chi connectivity index (χ1v) is 6.77. The van der Waals surface area contributed by atoms with Crippen molar-refractivity contribution in [3.8, 4) is 0 Å². The lowest BCUT2D eigenvalue weighted by atomic mass is 9.78. The molecule has 0 bridgehead atoms. The van der Waals surface area contributed by atoms with Crippen LogP contribution in [0.1, 0.15) is 32.6 Å². The Morgan fingerprint density at radius 2 is 2.33 bits per heavy atom. The Kier molecular flexibility index (Phi) is 4.25. The molecular weight excluding hydrogens is 232 g/mol. The van der Waals surface area contributed by atoms with Crippen molar-refractivity contribution in [2.24, 2.45) is 5.73 Å². The van der Waals surface area contributed by atoms with E-state index < -0.39 is 5.54 Å². The fraction of sp³-hybridized carbons (Fsp3) is 0.923. The van der Waals surface area contributed by atoms with E-state index in [-0.39, 0.29) is 5.97 Å². The lowest BCUT2D eigenvalue weighted by molar-refractivity contribution is -0.150. The smallest absolute Gasteiger partial charge is 0.325 e. The SMILES string of the molecule is COC(=O)C1(N)CCCC(N2CCOCC2C)C1. The van der Waals surface area contributed by atoms with Gasteiger partial charge in [-0.15, -0.1) is 0 Å². The fourth-order valence-electron chi connectivity index (χ4n) is 3.23. The highest BCUT2D eigenvalue weighted by atomic mass is 16.5. The van der Waals surface area contributed by atoms with Crippen LogP contribution in [0.15, 0.2) is 0 Å². The molecule has 1 saturated carbocycles. The first-order chi connectivity index (χ1) is 8.57. The molecule has 0 spiro atoms. The number of hydrogen-bond donors (Lipinski definition) is 1. The van der Waals surface area contributed by atoms with E-state index in [1.807, 2.05) is 0 Å². The van der Waals surface area contributed by atoms with E-state index in [0.29, 0.717) is 18.5 Å². The van der Waals surface area contributed by atoms with Crippen LogP contribution in [0.25, 0.3) is 0 Å². The second-order valence-electron chi connectivity index (χ2n) is 5.56. The quantitative estimate of drug-likeness (QED) is 0.730. The maximum atomic E-state index is 11.8. The van der Waals surface area contributed by atoms with E-state index >= 15 is 0 Å². The summed E-state index contributed by atoms with van der Waals surface area (Å²) in [5.41, 5.74) is 5.43. The molecule has 1 aliphatic heterocycles. The van der Waals surface area contributed by atoms with Crippen LogP contribution in [0.2, 0.25) is 0 Å². The van der Waals surface area contributed by atoms with Crippen molar-refractivity contribution in [1.29, 1.82) is 0 Å². The van der Waals surface area contributed by atoms with Crippen molar-refractivity contribution in [2.75, 3.05) is 26.9 Å². The number of carbonyl (C=O) groups excluding carboxylic acids is 1. The number of carbonyl (C=O) groups is 1. The molecule has 2 aliphatic rings. The maximum absolute atomic E-state index is 11.8. The standard InChI is InChI=1S/C13H24N2O3/c1-10-9-18-7-6-15(10)11-4-3-5-13(14,8-11)12(16)17-2/h10-11H,3-9,14H2,1-2H3. The molecule has 2 fully saturated rings. The van der Waals surface area contributed by atoms with E-state index in [1.54, 1.807) is 0 Å². The first-order valence-electron chi connectivity index (χ1n) is 6.77. The summed E-state index contributed by atoms with van der Waals surface area (Å²) in [6, 6.07) is 0.783. The number of nitrogens with two attached hydrogens (primary N) is 1. The zero-order valence-corrected chi connectivity index (χ0v) is 11.4. The number of esters is 1. The van der Waals surface area contributed by atoms with Crippen LogP contribution in [-0.4, -0.2) is 55.4 Å². The van der Waals surface area contributed by atoms with Crippen molar-refractivity contribution >= 4 is 5.97 Å². The van der Waals surface area contributed by atoms with Crippen LogP contribution in [0.3, 0.4) is 0 Å². The van der Waals surface area contributed by atoms with Crippen molar-refractivity contribution in [2.45, 2.75) is 50.2 Å².